The Balaban J connectivity index is 1.53. The largest absolute Gasteiger partial charge is 0.441 e. The summed E-state index contributed by atoms with van der Waals surface area (Å²) in [6.45, 7) is 14.4. The van der Waals surface area contributed by atoms with E-state index in [0.717, 1.165) is 65.8 Å². The molecule has 0 saturated carbocycles. The van der Waals surface area contributed by atoms with E-state index in [1.165, 1.54) is 16.7 Å². The van der Waals surface area contributed by atoms with Gasteiger partial charge in [-0.05, 0) is 62.2 Å². The van der Waals surface area contributed by atoms with Crippen LogP contribution in [0.1, 0.15) is 22.6 Å². The third kappa shape index (κ3) is 5.12. The number of hydrogen-bond acceptors (Lipinski definition) is 5. The normalized spacial score (nSPS) is 14.6. The molecule has 0 fully saturated rings. The second-order valence-corrected chi connectivity index (χ2v) is 16.7. The number of ether oxygens (including phenoxy) is 1. The second-order valence-electron chi connectivity index (χ2n) is 11.1. The van der Waals surface area contributed by atoms with Crippen molar-refractivity contribution in [1.82, 2.24) is 19.4 Å². The summed E-state index contributed by atoms with van der Waals surface area (Å²) in [6, 6.07) is 10.2. The van der Waals surface area contributed by atoms with Gasteiger partial charge in [0, 0.05) is 51.1 Å². The van der Waals surface area contributed by atoms with Gasteiger partial charge in [-0.2, -0.15) is 0 Å². The van der Waals surface area contributed by atoms with Gasteiger partial charge in [0.1, 0.15) is 18.1 Å². The van der Waals surface area contributed by atoms with Gasteiger partial charge in [0.05, 0.1) is 11.3 Å². The van der Waals surface area contributed by atoms with E-state index >= 15 is 0 Å². The highest BCUT2D eigenvalue weighted by Gasteiger charge is 2.19. The molecule has 3 aromatic heterocycles. The molecule has 0 radical (unpaired) electrons. The first-order valence-corrected chi connectivity index (χ1v) is 16.2. The van der Waals surface area contributed by atoms with Crippen LogP contribution >= 0.6 is 0 Å². The number of fused-ring (bicyclic) bond motifs is 2. The number of nitrogens with zero attached hydrogens (tertiary/aromatic N) is 4. The second kappa shape index (κ2) is 9.37. The summed E-state index contributed by atoms with van der Waals surface area (Å²) in [4.78, 5) is 12.0. The number of hydrogen-bond donors (Lipinski definition) is 0. The minimum Gasteiger partial charge on any atom is -0.441 e. The molecule has 0 bridgehead atoms. The highest BCUT2D eigenvalue weighted by atomic mass is 28.3. The first-order valence-electron chi connectivity index (χ1n) is 12.5. The first kappa shape index (κ1) is 24.0. The maximum absolute atomic E-state index is 6.07. The van der Waals surface area contributed by atoms with Crippen molar-refractivity contribution in [2.45, 2.75) is 59.2 Å². The smallest absolute Gasteiger partial charge is 0.228 e. The van der Waals surface area contributed by atoms with Crippen LogP contribution in [0.15, 0.2) is 41.1 Å². The summed E-state index contributed by atoms with van der Waals surface area (Å²) in [5.41, 5.74) is 7.92. The Morgan fingerprint density at radius 1 is 1.09 bits per heavy atom. The van der Waals surface area contributed by atoms with Crippen molar-refractivity contribution >= 4 is 19.1 Å². The van der Waals surface area contributed by atoms with E-state index in [4.69, 9.17) is 19.1 Å². The van der Waals surface area contributed by atoms with Crippen molar-refractivity contribution in [1.29, 1.82) is 0 Å². The van der Waals surface area contributed by atoms with Gasteiger partial charge >= 0.3 is 0 Å². The predicted octanol–water partition coefficient (Wildman–Crippen LogP) is 6.28. The molecule has 1 aliphatic rings. The number of rotatable bonds is 7. The van der Waals surface area contributed by atoms with E-state index in [2.05, 4.69) is 66.6 Å². The summed E-state index contributed by atoms with van der Waals surface area (Å²) in [7, 11) is 1.05. The Hall–Kier alpha value is -2.74. The minimum atomic E-state index is -1.14. The summed E-state index contributed by atoms with van der Waals surface area (Å²) in [5.74, 6) is 1.48. The van der Waals surface area contributed by atoms with E-state index in [1.807, 2.05) is 20.0 Å². The molecule has 0 unspecified atom stereocenters. The topological polar surface area (TPSA) is 56.3 Å². The zero-order valence-corrected chi connectivity index (χ0v) is 22.8. The van der Waals surface area contributed by atoms with Gasteiger partial charge in [-0.1, -0.05) is 31.8 Å². The first-order chi connectivity index (χ1) is 16.7. The summed E-state index contributed by atoms with van der Waals surface area (Å²) in [5, 5.41) is 1.03. The van der Waals surface area contributed by atoms with Gasteiger partial charge in [0.25, 0.3) is 0 Å². The number of benzene rings is 1. The zero-order valence-electron chi connectivity index (χ0n) is 21.8. The van der Waals surface area contributed by atoms with E-state index in [1.54, 1.807) is 0 Å². The molecule has 5 rings (SSSR count). The van der Waals surface area contributed by atoms with E-state index < -0.39 is 8.07 Å². The van der Waals surface area contributed by atoms with Gasteiger partial charge in [0.15, 0.2) is 0 Å². The Labute approximate surface area is 209 Å². The summed E-state index contributed by atoms with van der Waals surface area (Å²) < 4.78 is 14.2. The fourth-order valence-corrected chi connectivity index (χ4v) is 5.36. The van der Waals surface area contributed by atoms with Crippen LogP contribution in [0.5, 0.6) is 0 Å². The third-order valence-electron chi connectivity index (χ3n) is 6.94. The van der Waals surface area contributed by atoms with E-state index in [0.29, 0.717) is 12.6 Å². The van der Waals surface area contributed by atoms with Crippen LogP contribution < -0.4 is 0 Å². The van der Waals surface area contributed by atoms with Gasteiger partial charge in [-0.3, -0.25) is 0 Å². The zero-order chi connectivity index (χ0) is 24.7. The van der Waals surface area contributed by atoms with Gasteiger partial charge in [0.2, 0.25) is 5.89 Å². The number of aromatic nitrogens is 3. The molecule has 0 N–H and O–H groups in total. The van der Waals surface area contributed by atoms with Crippen LogP contribution in [-0.4, -0.2) is 47.7 Å². The summed E-state index contributed by atoms with van der Waals surface area (Å²) >= 11 is 0. The van der Waals surface area contributed by atoms with E-state index in [9.17, 15) is 0 Å². The molecule has 1 aromatic carbocycles. The van der Waals surface area contributed by atoms with Crippen LogP contribution in [0.3, 0.4) is 0 Å². The monoisotopic (exact) mass is 488 g/mol. The Kier molecular flexibility index (Phi) is 6.42. The molecule has 0 atom stereocenters. The highest BCUT2D eigenvalue weighted by Crippen LogP contribution is 2.34. The van der Waals surface area contributed by atoms with Crippen molar-refractivity contribution in [2.24, 2.45) is 0 Å². The molecule has 0 aliphatic carbocycles. The van der Waals surface area contributed by atoms with E-state index in [-0.39, 0.29) is 0 Å². The number of aryl methyl sites for hydroxylation is 2. The Bertz CT molecular complexity index is 1350. The quantitative estimate of drug-likeness (QED) is 0.226. The molecule has 7 heteroatoms. The summed E-state index contributed by atoms with van der Waals surface area (Å²) in [6.07, 6.45) is 5.16. The molecule has 0 saturated heterocycles. The van der Waals surface area contributed by atoms with Gasteiger partial charge < -0.3 is 18.6 Å². The third-order valence-corrected chi connectivity index (χ3v) is 8.65. The fraction of sp³-hybridized carbons (Fsp3) is 0.429. The molecular formula is C28H36N4O2Si. The molecule has 184 valence electrons. The average molecular weight is 489 g/mol. The average Bonchev–Trinajstić information content (AvgIpc) is 3.34. The lowest BCUT2D eigenvalue weighted by atomic mass is 9.95. The molecule has 4 heterocycles. The lowest BCUT2D eigenvalue weighted by Gasteiger charge is -2.25. The number of oxazole rings is 1. The maximum atomic E-state index is 6.07. The minimum absolute atomic E-state index is 0.469. The van der Waals surface area contributed by atoms with Crippen molar-refractivity contribution in [3.8, 4) is 22.6 Å². The van der Waals surface area contributed by atoms with Crippen LogP contribution in [0.4, 0.5) is 0 Å². The molecule has 0 amide bonds. The highest BCUT2D eigenvalue weighted by molar-refractivity contribution is 6.76. The van der Waals surface area contributed by atoms with Crippen LogP contribution in [0.25, 0.3) is 33.6 Å². The fourth-order valence-electron chi connectivity index (χ4n) is 4.60. The molecule has 6 nitrogen and oxygen atoms in total. The molecular weight excluding hydrogens is 452 g/mol. The van der Waals surface area contributed by atoms with Crippen molar-refractivity contribution in [3.05, 3.63) is 59.2 Å². The number of likely N-dealkylation sites (N-methyl/N-ethyl adjacent to an activating group) is 1. The van der Waals surface area contributed by atoms with Crippen molar-refractivity contribution < 1.29 is 9.15 Å². The van der Waals surface area contributed by atoms with Gasteiger partial charge in [-0.15, -0.1) is 0 Å². The maximum Gasteiger partial charge on any atom is 0.228 e. The molecule has 1 aliphatic heterocycles. The van der Waals surface area contributed by atoms with Crippen LogP contribution in [0, 0.1) is 13.8 Å². The Morgan fingerprint density at radius 2 is 1.91 bits per heavy atom. The molecule has 4 aromatic rings. The molecule has 35 heavy (non-hydrogen) atoms. The predicted molar refractivity (Wildman–Crippen MR) is 144 cm³/mol. The van der Waals surface area contributed by atoms with Crippen LogP contribution in [-0.2, 0) is 24.4 Å². The van der Waals surface area contributed by atoms with Crippen LogP contribution in [0.2, 0.25) is 25.7 Å². The standard InChI is InChI=1S/C28H36N4O2Si/c1-19-20(2)34-28(30-19)26-17-32(18-33-11-12-35(4,5)6)27-25(26)14-23(15-29-27)22-8-7-21-9-10-31(3)16-24(21)13-22/h7-8,13-15,17H,9-12,16,18H2,1-6H3. The lowest BCUT2D eigenvalue weighted by Crippen LogP contribution is -2.26. The number of pyridine rings is 1. The Morgan fingerprint density at radius 3 is 2.66 bits per heavy atom. The van der Waals surface area contributed by atoms with Gasteiger partial charge in [-0.25, -0.2) is 9.97 Å². The lowest BCUT2D eigenvalue weighted by molar-refractivity contribution is 0.0899. The molecule has 0 spiro atoms. The van der Waals surface area contributed by atoms with Crippen molar-refractivity contribution in [3.63, 3.8) is 0 Å². The van der Waals surface area contributed by atoms with Crippen molar-refractivity contribution in [2.75, 3.05) is 20.2 Å². The SMILES string of the molecule is Cc1nc(-c2cn(COCC[Si](C)(C)C)c3ncc(-c4ccc5c(c4)CN(C)CC5)cc23)oc1C.